The zero-order valence-corrected chi connectivity index (χ0v) is 26.1. The highest BCUT2D eigenvalue weighted by Gasteiger charge is 2.23. The first-order valence-electron chi connectivity index (χ1n) is 13.9. The molecule has 3 amide bonds. The number of carbonyl (C=O) groups excluding carboxylic acids is 3. The highest BCUT2D eigenvalue weighted by atomic mass is 79.9. The molecule has 9 heteroatoms. The number of hydrogen-bond acceptors (Lipinski definition) is 4. The van der Waals surface area contributed by atoms with Crippen molar-refractivity contribution in [1.82, 2.24) is 5.32 Å². The van der Waals surface area contributed by atoms with Crippen LogP contribution in [-0.4, -0.2) is 17.7 Å². The van der Waals surface area contributed by atoms with Crippen molar-refractivity contribution >= 4 is 62.9 Å². The minimum Gasteiger partial charge on any atom is -0.324 e. The molecule has 0 saturated carbocycles. The number of thioether (sulfide) groups is 1. The fraction of sp³-hybridized carbons (Fsp3) is 0.0278. The summed E-state index contributed by atoms with van der Waals surface area (Å²) in [6.07, 6.45) is 1.48. The number of anilines is 2. The number of benzene rings is 5. The Hall–Kier alpha value is -4.99. The van der Waals surface area contributed by atoms with Gasteiger partial charge in [0.05, 0.1) is 5.69 Å². The number of nitrogens with one attached hydrogen (secondary N) is 3. The topological polar surface area (TPSA) is 87.3 Å². The summed E-state index contributed by atoms with van der Waals surface area (Å²) in [5.41, 5.74) is 2.90. The molecule has 3 N–H and O–H groups in total. The van der Waals surface area contributed by atoms with E-state index in [0.717, 1.165) is 14.9 Å². The molecule has 224 valence electrons. The highest BCUT2D eigenvalue weighted by Crippen LogP contribution is 2.37. The van der Waals surface area contributed by atoms with Gasteiger partial charge in [0, 0.05) is 20.6 Å². The molecule has 0 saturated heterocycles. The second-order valence-corrected chi connectivity index (χ2v) is 11.8. The summed E-state index contributed by atoms with van der Waals surface area (Å²) in [6.45, 7) is 0. The standard InChI is InChI=1S/C36H27BrFN3O3S/c37-30-13-7-8-14-31(30)40-36(44)33(25-9-3-1-4-10-25)45-29-21-19-28(20-22-29)39-35(43)32(23-24-15-17-27(38)18-16-24)41-34(42)26-11-5-2-6-12-26/h1-23,33H,(H,39,43)(H,40,44)(H,41,42)/b32-23-. The molecule has 45 heavy (non-hydrogen) atoms. The van der Waals surface area contributed by atoms with Crippen molar-refractivity contribution in [3.63, 3.8) is 0 Å². The van der Waals surface area contributed by atoms with E-state index in [9.17, 15) is 18.8 Å². The highest BCUT2D eigenvalue weighted by molar-refractivity contribution is 9.10. The lowest BCUT2D eigenvalue weighted by Gasteiger charge is -2.18. The van der Waals surface area contributed by atoms with Crippen LogP contribution in [0.4, 0.5) is 15.8 Å². The van der Waals surface area contributed by atoms with Crippen molar-refractivity contribution in [2.24, 2.45) is 0 Å². The normalized spacial score (nSPS) is 11.7. The maximum Gasteiger partial charge on any atom is 0.272 e. The molecular formula is C36H27BrFN3O3S. The SMILES string of the molecule is O=C(Nc1ccc(SC(C(=O)Nc2ccccc2Br)c2ccccc2)cc1)/C(=C/c1ccc(F)cc1)NC(=O)c1ccccc1. The van der Waals surface area contributed by atoms with E-state index < -0.39 is 22.9 Å². The van der Waals surface area contributed by atoms with Crippen LogP contribution < -0.4 is 16.0 Å². The Balaban J connectivity index is 1.32. The summed E-state index contributed by atoms with van der Waals surface area (Å²) < 4.78 is 14.3. The minimum atomic E-state index is -0.556. The van der Waals surface area contributed by atoms with Crippen LogP contribution >= 0.6 is 27.7 Å². The summed E-state index contributed by atoms with van der Waals surface area (Å²) in [4.78, 5) is 40.5. The van der Waals surface area contributed by atoms with Crippen LogP contribution in [0.1, 0.15) is 26.7 Å². The fourth-order valence-corrected chi connectivity index (χ4v) is 5.69. The second-order valence-electron chi connectivity index (χ2n) is 9.79. The van der Waals surface area contributed by atoms with E-state index in [-0.39, 0.29) is 11.6 Å². The third kappa shape index (κ3) is 8.78. The zero-order chi connectivity index (χ0) is 31.6. The molecule has 0 aliphatic heterocycles. The summed E-state index contributed by atoms with van der Waals surface area (Å²) in [5, 5.41) is 7.95. The van der Waals surface area contributed by atoms with Gasteiger partial charge in [-0.3, -0.25) is 14.4 Å². The van der Waals surface area contributed by atoms with Crippen LogP contribution in [0, 0.1) is 5.82 Å². The van der Waals surface area contributed by atoms with Gasteiger partial charge in [0.15, 0.2) is 0 Å². The molecule has 0 fully saturated rings. The summed E-state index contributed by atoms with van der Waals surface area (Å²) >= 11 is 4.86. The Kier molecular flexibility index (Phi) is 10.6. The van der Waals surface area contributed by atoms with Crippen LogP contribution in [0.25, 0.3) is 6.08 Å². The number of amides is 3. The monoisotopic (exact) mass is 679 g/mol. The van der Waals surface area contributed by atoms with E-state index >= 15 is 0 Å². The molecule has 0 heterocycles. The zero-order valence-electron chi connectivity index (χ0n) is 23.7. The van der Waals surface area contributed by atoms with Gasteiger partial charge in [0.2, 0.25) is 5.91 Å². The van der Waals surface area contributed by atoms with Crippen molar-refractivity contribution in [2.45, 2.75) is 10.1 Å². The number of halogens is 2. The van der Waals surface area contributed by atoms with Gasteiger partial charge >= 0.3 is 0 Å². The van der Waals surface area contributed by atoms with E-state index in [0.29, 0.717) is 22.5 Å². The van der Waals surface area contributed by atoms with E-state index in [1.165, 1.54) is 42.1 Å². The van der Waals surface area contributed by atoms with E-state index in [4.69, 9.17) is 0 Å². The first-order chi connectivity index (χ1) is 21.9. The molecule has 5 rings (SSSR count). The number of carbonyl (C=O) groups is 3. The maximum absolute atomic E-state index is 13.5. The van der Waals surface area contributed by atoms with Crippen LogP contribution in [0.15, 0.2) is 149 Å². The molecule has 5 aromatic rings. The second kappa shape index (κ2) is 15.1. The van der Waals surface area contributed by atoms with Gasteiger partial charge in [-0.15, -0.1) is 11.8 Å². The van der Waals surface area contributed by atoms with Crippen molar-refractivity contribution in [2.75, 3.05) is 10.6 Å². The Morgan fingerprint density at radius 3 is 2.00 bits per heavy atom. The molecule has 5 aromatic carbocycles. The predicted octanol–water partition coefficient (Wildman–Crippen LogP) is 8.47. The van der Waals surface area contributed by atoms with Gasteiger partial charge < -0.3 is 16.0 Å². The molecule has 0 bridgehead atoms. The molecule has 0 aliphatic rings. The average molecular weight is 681 g/mol. The van der Waals surface area contributed by atoms with Gasteiger partial charge in [-0.2, -0.15) is 0 Å². The Morgan fingerprint density at radius 2 is 1.33 bits per heavy atom. The molecule has 0 aliphatic carbocycles. The largest absolute Gasteiger partial charge is 0.324 e. The lowest BCUT2D eigenvalue weighted by Crippen LogP contribution is -2.30. The Labute approximate surface area is 272 Å². The fourth-order valence-electron chi connectivity index (χ4n) is 4.28. The van der Waals surface area contributed by atoms with E-state index in [1.807, 2.05) is 66.7 Å². The van der Waals surface area contributed by atoms with Crippen LogP contribution in [0.2, 0.25) is 0 Å². The van der Waals surface area contributed by atoms with Gasteiger partial charge in [-0.25, -0.2) is 4.39 Å². The van der Waals surface area contributed by atoms with Gasteiger partial charge in [-0.1, -0.05) is 72.8 Å². The molecule has 6 nitrogen and oxygen atoms in total. The molecule has 0 spiro atoms. The van der Waals surface area contributed by atoms with Crippen molar-refractivity contribution in [1.29, 1.82) is 0 Å². The van der Waals surface area contributed by atoms with Gasteiger partial charge in [0.25, 0.3) is 11.8 Å². The van der Waals surface area contributed by atoms with E-state index in [2.05, 4.69) is 31.9 Å². The van der Waals surface area contributed by atoms with Gasteiger partial charge in [-0.05, 0) is 93.8 Å². The molecule has 1 atom stereocenters. The Morgan fingerprint density at radius 1 is 0.711 bits per heavy atom. The number of para-hydroxylation sites is 1. The Bertz CT molecular complexity index is 1820. The smallest absolute Gasteiger partial charge is 0.272 e. The summed E-state index contributed by atoms with van der Waals surface area (Å²) in [7, 11) is 0. The van der Waals surface area contributed by atoms with Crippen LogP contribution in [0.3, 0.4) is 0 Å². The number of hydrogen-bond donors (Lipinski definition) is 3. The quantitative estimate of drug-likeness (QED) is 0.102. The van der Waals surface area contributed by atoms with Crippen molar-refractivity contribution in [3.8, 4) is 0 Å². The van der Waals surface area contributed by atoms with E-state index in [1.54, 1.807) is 42.5 Å². The summed E-state index contributed by atoms with van der Waals surface area (Å²) in [6, 6.07) is 38.1. The molecule has 1 unspecified atom stereocenters. The first-order valence-corrected chi connectivity index (χ1v) is 15.5. The minimum absolute atomic E-state index is 0.0122. The van der Waals surface area contributed by atoms with Crippen molar-refractivity contribution in [3.05, 3.63) is 166 Å². The predicted molar refractivity (Wildman–Crippen MR) is 181 cm³/mol. The summed E-state index contributed by atoms with van der Waals surface area (Å²) in [5.74, 6) is -1.61. The van der Waals surface area contributed by atoms with Crippen LogP contribution in [-0.2, 0) is 9.59 Å². The third-order valence-electron chi connectivity index (χ3n) is 6.55. The molecule has 0 aromatic heterocycles. The van der Waals surface area contributed by atoms with Crippen LogP contribution in [0.5, 0.6) is 0 Å². The molecule has 0 radical (unpaired) electrons. The average Bonchev–Trinajstić information content (AvgIpc) is 3.06. The lowest BCUT2D eigenvalue weighted by molar-refractivity contribution is -0.116. The van der Waals surface area contributed by atoms with Gasteiger partial charge in [0.1, 0.15) is 16.8 Å². The molecular weight excluding hydrogens is 653 g/mol. The lowest BCUT2D eigenvalue weighted by atomic mass is 10.1. The van der Waals surface area contributed by atoms with Crippen molar-refractivity contribution < 1.29 is 18.8 Å². The first kappa shape index (κ1) is 31.4. The maximum atomic E-state index is 13.5. The number of rotatable bonds is 10. The third-order valence-corrected chi connectivity index (χ3v) is 8.51.